The number of hydrogen-bond donors (Lipinski definition) is 1. The van der Waals surface area contributed by atoms with E-state index in [0.717, 1.165) is 43.9 Å². The highest BCUT2D eigenvalue weighted by Crippen LogP contribution is 2.17. The van der Waals surface area contributed by atoms with E-state index in [4.69, 9.17) is 0 Å². The third-order valence-corrected chi connectivity index (χ3v) is 5.31. The van der Waals surface area contributed by atoms with Gasteiger partial charge in [0.2, 0.25) is 0 Å². The minimum Gasteiger partial charge on any atom is -0.370 e. The largest absolute Gasteiger partial charge is 0.370 e. The lowest BCUT2D eigenvalue weighted by atomic mass is 10.2. The molecule has 1 aliphatic rings. The van der Waals surface area contributed by atoms with Crippen LogP contribution in [0.3, 0.4) is 0 Å². The lowest BCUT2D eigenvalue weighted by Crippen LogP contribution is -2.41. The van der Waals surface area contributed by atoms with Crippen LogP contribution in [0.4, 0.5) is 10.5 Å². The molecular formula is C23H27N5O. The van der Waals surface area contributed by atoms with E-state index in [1.54, 1.807) is 6.20 Å². The first-order valence-corrected chi connectivity index (χ1v) is 10.1. The van der Waals surface area contributed by atoms with E-state index in [1.165, 1.54) is 11.3 Å². The zero-order valence-corrected chi connectivity index (χ0v) is 16.8. The number of hydrogen-bond acceptors (Lipinski definition) is 3. The molecule has 1 fully saturated rings. The number of urea groups is 1. The first-order chi connectivity index (χ1) is 14.2. The monoisotopic (exact) mass is 389 g/mol. The highest BCUT2D eigenvalue weighted by Gasteiger charge is 2.19. The average molecular weight is 390 g/mol. The molecule has 1 N–H and O–H groups in total. The Morgan fingerprint density at radius 3 is 2.66 bits per heavy atom. The van der Waals surface area contributed by atoms with Crippen LogP contribution in [0.25, 0.3) is 5.69 Å². The zero-order valence-electron chi connectivity index (χ0n) is 16.8. The van der Waals surface area contributed by atoms with Gasteiger partial charge in [0, 0.05) is 50.8 Å². The molecule has 0 unspecified atom stereocenters. The summed E-state index contributed by atoms with van der Waals surface area (Å²) in [5.41, 5.74) is 4.54. The number of nitrogens with zero attached hydrogens (tertiary/aromatic N) is 4. The Balaban J connectivity index is 1.32. The molecule has 0 aliphatic carbocycles. The number of aromatic nitrogens is 2. The molecule has 2 amide bonds. The number of aryl methyl sites for hydroxylation is 1. The molecule has 6 heteroatoms. The summed E-state index contributed by atoms with van der Waals surface area (Å²) < 4.78 is 1.82. The Hall–Kier alpha value is -3.28. The topological polar surface area (TPSA) is 53.4 Å². The molecule has 29 heavy (non-hydrogen) atoms. The minimum atomic E-state index is 0.000230. The molecule has 2 heterocycles. The summed E-state index contributed by atoms with van der Waals surface area (Å²) in [6, 6.07) is 18.6. The molecule has 0 saturated carbocycles. The quantitative estimate of drug-likeness (QED) is 0.742. The van der Waals surface area contributed by atoms with Crippen LogP contribution < -0.4 is 10.2 Å². The predicted octanol–water partition coefficient (Wildman–Crippen LogP) is 3.60. The van der Waals surface area contributed by atoms with Crippen LogP contribution in [-0.2, 0) is 6.54 Å². The summed E-state index contributed by atoms with van der Waals surface area (Å²) in [6.45, 7) is 5.94. The first-order valence-electron chi connectivity index (χ1n) is 10.1. The number of amides is 2. The van der Waals surface area contributed by atoms with Crippen molar-refractivity contribution < 1.29 is 4.79 Å². The molecule has 3 aromatic rings. The fraction of sp³-hybridized carbons (Fsp3) is 0.304. The molecule has 0 spiro atoms. The van der Waals surface area contributed by atoms with Gasteiger partial charge >= 0.3 is 6.03 Å². The van der Waals surface area contributed by atoms with Gasteiger partial charge in [-0.1, -0.05) is 29.8 Å². The molecule has 4 rings (SSSR count). The fourth-order valence-electron chi connectivity index (χ4n) is 3.65. The van der Waals surface area contributed by atoms with Crippen LogP contribution in [0.15, 0.2) is 67.0 Å². The van der Waals surface area contributed by atoms with Crippen LogP contribution >= 0.6 is 0 Å². The Morgan fingerprint density at radius 2 is 1.86 bits per heavy atom. The minimum absolute atomic E-state index is 0.000230. The Kier molecular flexibility index (Phi) is 5.79. The van der Waals surface area contributed by atoms with Crippen molar-refractivity contribution in [2.75, 3.05) is 31.1 Å². The van der Waals surface area contributed by atoms with E-state index in [-0.39, 0.29) is 6.03 Å². The second-order valence-electron chi connectivity index (χ2n) is 7.44. The number of anilines is 1. The van der Waals surface area contributed by atoms with Gasteiger partial charge in [0.1, 0.15) is 0 Å². The summed E-state index contributed by atoms with van der Waals surface area (Å²) in [4.78, 5) is 17.0. The van der Waals surface area contributed by atoms with Crippen LogP contribution in [0.5, 0.6) is 0 Å². The maximum atomic E-state index is 12.7. The standard InChI is InChI=1S/C23H27N5O/c1-19-7-9-21(10-8-19)26-12-4-13-27(16-15-26)23(29)24-18-20-5-2-6-22(17-20)28-14-3-11-25-28/h2-3,5-11,14,17H,4,12-13,15-16,18H2,1H3,(H,24,29). The van der Waals surface area contributed by atoms with E-state index in [0.29, 0.717) is 6.54 Å². The van der Waals surface area contributed by atoms with Crippen molar-refractivity contribution in [3.8, 4) is 5.69 Å². The SMILES string of the molecule is Cc1ccc(N2CCCN(C(=O)NCc3cccc(-n4cccn4)c3)CC2)cc1. The van der Waals surface area contributed by atoms with Crippen molar-refractivity contribution in [2.45, 2.75) is 19.9 Å². The molecule has 1 aliphatic heterocycles. The van der Waals surface area contributed by atoms with Crippen molar-refractivity contribution in [3.63, 3.8) is 0 Å². The number of benzene rings is 2. The van der Waals surface area contributed by atoms with Crippen molar-refractivity contribution in [2.24, 2.45) is 0 Å². The van der Waals surface area contributed by atoms with Crippen LogP contribution in [0, 0.1) is 6.92 Å². The average Bonchev–Trinajstić information content (AvgIpc) is 3.18. The van der Waals surface area contributed by atoms with Gasteiger partial charge in [-0.15, -0.1) is 0 Å². The molecular weight excluding hydrogens is 362 g/mol. The number of nitrogens with one attached hydrogen (secondary N) is 1. The molecule has 1 aromatic heterocycles. The van der Waals surface area contributed by atoms with Crippen LogP contribution in [0.1, 0.15) is 17.5 Å². The van der Waals surface area contributed by atoms with E-state index in [9.17, 15) is 4.79 Å². The smallest absolute Gasteiger partial charge is 0.317 e. The first kappa shape index (κ1) is 19.1. The van der Waals surface area contributed by atoms with Crippen molar-refractivity contribution in [1.29, 1.82) is 0 Å². The van der Waals surface area contributed by atoms with Gasteiger partial charge < -0.3 is 15.1 Å². The lowest BCUT2D eigenvalue weighted by Gasteiger charge is -2.24. The molecule has 6 nitrogen and oxygen atoms in total. The molecule has 0 radical (unpaired) electrons. The third-order valence-electron chi connectivity index (χ3n) is 5.31. The highest BCUT2D eigenvalue weighted by molar-refractivity contribution is 5.74. The Bertz CT molecular complexity index is 936. The van der Waals surface area contributed by atoms with Gasteiger partial charge in [0.25, 0.3) is 0 Å². The zero-order chi connectivity index (χ0) is 20.1. The lowest BCUT2D eigenvalue weighted by molar-refractivity contribution is 0.201. The third kappa shape index (κ3) is 4.77. The molecule has 0 bridgehead atoms. The summed E-state index contributed by atoms with van der Waals surface area (Å²) in [5.74, 6) is 0. The van der Waals surface area contributed by atoms with E-state index in [1.807, 2.05) is 40.0 Å². The number of carbonyl (C=O) groups excluding carboxylic acids is 1. The highest BCUT2D eigenvalue weighted by atomic mass is 16.2. The number of carbonyl (C=O) groups is 1. The van der Waals surface area contributed by atoms with Gasteiger partial charge in [0.15, 0.2) is 0 Å². The van der Waals surface area contributed by atoms with E-state index < -0.39 is 0 Å². The molecule has 1 saturated heterocycles. The summed E-state index contributed by atoms with van der Waals surface area (Å²) >= 11 is 0. The Labute approximate surface area is 171 Å². The van der Waals surface area contributed by atoms with Crippen molar-refractivity contribution >= 4 is 11.7 Å². The van der Waals surface area contributed by atoms with E-state index in [2.05, 4.69) is 52.6 Å². The predicted molar refractivity (Wildman–Crippen MR) is 115 cm³/mol. The van der Waals surface area contributed by atoms with Gasteiger partial charge in [-0.05, 0) is 49.2 Å². The normalized spacial score (nSPS) is 14.5. The maximum Gasteiger partial charge on any atom is 0.317 e. The van der Waals surface area contributed by atoms with Crippen molar-refractivity contribution in [1.82, 2.24) is 20.0 Å². The van der Waals surface area contributed by atoms with Gasteiger partial charge in [-0.25, -0.2) is 9.48 Å². The summed E-state index contributed by atoms with van der Waals surface area (Å²) in [6.07, 6.45) is 4.64. The second-order valence-corrected chi connectivity index (χ2v) is 7.44. The van der Waals surface area contributed by atoms with Gasteiger partial charge in [0.05, 0.1) is 5.69 Å². The second kappa shape index (κ2) is 8.82. The maximum absolute atomic E-state index is 12.7. The Morgan fingerprint density at radius 1 is 1.00 bits per heavy atom. The number of rotatable bonds is 4. The van der Waals surface area contributed by atoms with Crippen LogP contribution in [-0.4, -0.2) is 46.9 Å². The van der Waals surface area contributed by atoms with Crippen LogP contribution in [0.2, 0.25) is 0 Å². The summed E-state index contributed by atoms with van der Waals surface area (Å²) in [5, 5.41) is 7.33. The molecule has 150 valence electrons. The van der Waals surface area contributed by atoms with Gasteiger partial charge in [-0.2, -0.15) is 5.10 Å². The molecule has 0 atom stereocenters. The summed E-state index contributed by atoms with van der Waals surface area (Å²) in [7, 11) is 0. The fourth-order valence-corrected chi connectivity index (χ4v) is 3.65. The molecule has 2 aromatic carbocycles. The van der Waals surface area contributed by atoms with Gasteiger partial charge in [-0.3, -0.25) is 0 Å². The van der Waals surface area contributed by atoms with E-state index >= 15 is 0 Å². The van der Waals surface area contributed by atoms with Crippen molar-refractivity contribution in [3.05, 3.63) is 78.1 Å².